The summed E-state index contributed by atoms with van der Waals surface area (Å²) in [6.07, 6.45) is 6.72. The van der Waals surface area contributed by atoms with Crippen molar-refractivity contribution in [2.24, 2.45) is 0 Å². The minimum atomic E-state index is -0.362. The molecule has 11 heteroatoms. The molecule has 1 aliphatic carbocycles. The highest BCUT2D eigenvalue weighted by molar-refractivity contribution is 6.00. The third-order valence-electron chi connectivity index (χ3n) is 5.82. The lowest BCUT2D eigenvalue weighted by atomic mass is 9.91. The van der Waals surface area contributed by atoms with Gasteiger partial charge in [0, 0.05) is 18.3 Å². The number of fused-ring (bicyclic) bond motifs is 1. The predicted octanol–water partition coefficient (Wildman–Crippen LogP) is 1.90. The largest absolute Gasteiger partial charge is 0.382 e. The first kappa shape index (κ1) is 23.1. The van der Waals surface area contributed by atoms with Crippen molar-refractivity contribution in [3.63, 3.8) is 0 Å². The molecule has 34 heavy (non-hydrogen) atoms. The van der Waals surface area contributed by atoms with E-state index in [2.05, 4.69) is 37.8 Å². The predicted molar refractivity (Wildman–Crippen MR) is 124 cm³/mol. The number of aromatic nitrogens is 3. The van der Waals surface area contributed by atoms with E-state index in [0.29, 0.717) is 28.6 Å². The van der Waals surface area contributed by atoms with Gasteiger partial charge in [-0.25, -0.2) is 9.94 Å². The molecule has 0 atom stereocenters. The highest BCUT2D eigenvalue weighted by Gasteiger charge is 2.23. The molecule has 0 saturated heterocycles. The molecule has 0 aromatic carbocycles. The Bertz CT molecular complexity index is 1250. The number of carbonyl (C=O) groups excluding carboxylic acids is 1. The standard InChI is InChI=1S/C23H25N9O2/c1-34-31-30-17-4-2-16(3-5-17)29-20-11-21(27-14-19(20)23(33)26-9-8-24)22-7-6-18-10-15(12-25)13-28-32(18)22/h6-7,10-11,13-14,16-17,30-31H,2-5,9H2,1H3,(H,26,33)(H,27,29)/t16-,17-. The molecule has 4 rings (SSSR count). The number of rotatable bonds is 8. The third kappa shape index (κ3) is 5.13. The Morgan fingerprint density at radius 2 is 1.97 bits per heavy atom. The van der Waals surface area contributed by atoms with E-state index in [1.165, 1.54) is 12.4 Å². The first-order valence-electron chi connectivity index (χ1n) is 11.0. The average Bonchev–Trinajstić information content (AvgIpc) is 3.30. The number of nitrogens with zero attached hydrogens (tertiary/aromatic N) is 5. The van der Waals surface area contributed by atoms with Gasteiger partial charge in [0.15, 0.2) is 0 Å². The molecule has 0 bridgehead atoms. The quantitative estimate of drug-likeness (QED) is 0.292. The Morgan fingerprint density at radius 1 is 1.18 bits per heavy atom. The number of hydrogen-bond donors (Lipinski definition) is 4. The Kier molecular flexibility index (Phi) is 7.30. The molecule has 3 aromatic heterocycles. The van der Waals surface area contributed by atoms with Gasteiger partial charge in [0.25, 0.3) is 5.91 Å². The maximum Gasteiger partial charge on any atom is 0.255 e. The van der Waals surface area contributed by atoms with Crippen LogP contribution < -0.4 is 21.6 Å². The second kappa shape index (κ2) is 10.7. The highest BCUT2D eigenvalue weighted by atomic mass is 16.7. The van der Waals surface area contributed by atoms with Gasteiger partial charge >= 0.3 is 0 Å². The number of hydrogen-bond acceptors (Lipinski definition) is 9. The molecular weight excluding hydrogens is 434 g/mol. The molecule has 0 aliphatic heterocycles. The summed E-state index contributed by atoms with van der Waals surface area (Å²) in [6.45, 7) is -0.0855. The summed E-state index contributed by atoms with van der Waals surface area (Å²) in [5.41, 5.74) is 9.46. The van der Waals surface area contributed by atoms with Crippen LogP contribution in [-0.4, -0.2) is 46.2 Å². The van der Waals surface area contributed by atoms with Crippen molar-refractivity contribution < 1.29 is 9.63 Å². The summed E-state index contributed by atoms with van der Waals surface area (Å²) in [4.78, 5) is 22.1. The lowest BCUT2D eigenvalue weighted by Crippen LogP contribution is -2.43. The zero-order chi connectivity index (χ0) is 23.9. The van der Waals surface area contributed by atoms with Crippen LogP contribution in [0.25, 0.3) is 16.9 Å². The topological polar surface area (TPSA) is 152 Å². The van der Waals surface area contributed by atoms with E-state index < -0.39 is 0 Å². The lowest BCUT2D eigenvalue weighted by Gasteiger charge is -2.30. The van der Waals surface area contributed by atoms with Gasteiger partial charge in [-0.05, 0) is 49.9 Å². The Labute approximate surface area is 196 Å². The van der Waals surface area contributed by atoms with Gasteiger partial charge in [-0.2, -0.15) is 15.6 Å². The Balaban J connectivity index is 1.61. The molecule has 1 saturated carbocycles. The summed E-state index contributed by atoms with van der Waals surface area (Å²) in [5, 5.41) is 28.4. The third-order valence-corrected chi connectivity index (χ3v) is 5.82. The fourth-order valence-corrected chi connectivity index (χ4v) is 4.11. The molecule has 1 aliphatic rings. The van der Waals surface area contributed by atoms with E-state index in [-0.39, 0.29) is 18.5 Å². The van der Waals surface area contributed by atoms with Gasteiger partial charge in [-0.3, -0.25) is 14.6 Å². The Morgan fingerprint density at radius 3 is 2.71 bits per heavy atom. The van der Waals surface area contributed by atoms with Crippen LogP contribution in [-0.2, 0) is 4.84 Å². The van der Waals surface area contributed by atoms with Gasteiger partial charge in [0.05, 0.1) is 53.1 Å². The molecule has 1 fully saturated rings. The van der Waals surface area contributed by atoms with E-state index in [1.807, 2.05) is 24.3 Å². The highest BCUT2D eigenvalue weighted by Crippen LogP contribution is 2.28. The van der Waals surface area contributed by atoms with Crippen molar-refractivity contribution in [1.29, 1.82) is 10.5 Å². The summed E-state index contributed by atoms with van der Waals surface area (Å²) < 4.78 is 1.71. The molecule has 4 N–H and O–H groups in total. The number of amides is 1. The lowest BCUT2D eigenvalue weighted by molar-refractivity contribution is 0.0388. The van der Waals surface area contributed by atoms with Crippen molar-refractivity contribution >= 4 is 17.1 Å². The normalized spacial score (nSPS) is 17.6. The van der Waals surface area contributed by atoms with Crippen molar-refractivity contribution in [3.05, 3.63) is 47.8 Å². The van der Waals surface area contributed by atoms with E-state index in [4.69, 9.17) is 15.4 Å². The maximum absolute atomic E-state index is 12.7. The molecule has 0 spiro atoms. The second-order valence-corrected chi connectivity index (χ2v) is 8.01. The molecule has 0 radical (unpaired) electrons. The van der Waals surface area contributed by atoms with Crippen LogP contribution in [0.2, 0.25) is 0 Å². The molecule has 11 nitrogen and oxygen atoms in total. The summed E-state index contributed by atoms with van der Waals surface area (Å²) in [6, 6.07) is 11.8. The van der Waals surface area contributed by atoms with Crippen LogP contribution in [0, 0.1) is 22.7 Å². The number of nitrogens with one attached hydrogen (secondary N) is 4. The Hall–Kier alpha value is -4.03. The van der Waals surface area contributed by atoms with Crippen molar-refractivity contribution in [2.45, 2.75) is 37.8 Å². The van der Waals surface area contributed by atoms with Crippen LogP contribution in [0.15, 0.2) is 36.7 Å². The van der Waals surface area contributed by atoms with E-state index in [1.54, 1.807) is 17.7 Å². The summed E-state index contributed by atoms with van der Waals surface area (Å²) >= 11 is 0. The van der Waals surface area contributed by atoms with Crippen LogP contribution in [0.5, 0.6) is 0 Å². The van der Waals surface area contributed by atoms with Crippen molar-refractivity contribution in [2.75, 3.05) is 19.0 Å². The van der Waals surface area contributed by atoms with Gasteiger partial charge < -0.3 is 10.6 Å². The molecule has 1 amide bonds. The van der Waals surface area contributed by atoms with Crippen molar-refractivity contribution in [1.82, 2.24) is 30.9 Å². The van der Waals surface area contributed by atoms with Crippen LogP contribution >= 0.6 is 0 Å². The van der Waals surface area contributed by atoms with Gasteiger partial charge in [0.2, 0.25) is 0 Å². The molecule has 0 unspecified atom stereocenters. The second-order valence-electron chi connectivity index (χ2n) is 8.01. The zero-order valence-electron chi connectivity index (χ0n) is 18.7. The summed E-state index contributed by atoms with van der Waals surface area (Å²) in [5.74, 6) is -0.362. The van der Waals surface area contributed by atoms with E-state index in [9.17, 15) is 4.79 Å². The first-order valence-corrected chi connectivity index (χ1v) is 11.0. The van der Waals surface area contributed by atoms with Crippen LogP contribution in [0.1, 0.15) is 41.6 Å². The van der Waals surface area contributed by atoms with E-state index >= 15 is 0 Å². The molecule has 3 aromatic rings. The fraction of sp³-hybridized carbons (Fsp3) is 0.348. The number of anilines is 1. The number of nitriles is 2. The molecule has 174 valence electrons. The number of hydrazine groups is 1. The monoisotopic (exact) mass is 459 g/mol. The van der Waals surface area contributed by atoms with Crippen LogP contribution in [0.3, 0.4) is 0 Å². The molecular formula is C23H25N9O2. The molecule has 3 heterocycles. The first-order chi connectivity index (χ1) is 16.6. The number of pyridine rings is 1. The number of carbonyl (C=O) groups is 1. The smallest absolute Gasteiger partial charge is 0.255 e. The van der Waals surface area contributed by atoms with E-state index in [0.717, 1.165) is 36.9 Å². The maximum atomic E-state index is 12.7. The minimum Gasteiger partial charge on any atom is -0.382 e. The summed E-state index contributed by atoms with van der Waals surface area (Å²) in [7, 11) is 1.56. The van der Waals surface area contributed by atoms with Crippen molar-refractivity contribution in [3.8, 4) is 23.5 Å². The van der Waals surface area contributed by atoms with Gasteiger partial charge in [0.1, 0.15) is 12.6 Å². The minimum absolute atomic E-state index is 0.0855. The average molecular weight is 460 g/mol. The van der Waals surface area contributed by atoms with Gasteiger partial charge in [-0.15, -0.1) is 5.59 Å². The fourth-order valence-electron chi connectivity index (χ4n) is 4.11. The van der Waals surface area contributed by atoms with Crippen LogP contribution in [0.4, 0.5) is 5.69 Å². The zero-order valence-corrected chi connectivity index (χ0v) is 18.7. The SMILES string of the molecule is CONN[C@H]1CC[C@H](Nc2cc(-c3ccc4cc(C#N)cnn34)ncc2C(=O)NCC#N)CC1. The van der Waals surface area contributed by atoms with Gasteiger partial charge in [-0.1, -0.05) is 0 Å².